The largest absolute Gasteiger partial charge is 0.352 e. The van der Waals surface area contributed by atoms with Gasteiger partial charge in [-0.25, -0.2) is 0 Å². The summed E-state index contributed by atoms with van der Waals surface area (Å²) in [7, 11) is 0. The van der Waals surface area contributed by atoms with Gasteiger partial charge in [0.2, 0.25) is 11.8 Å². The minimum atomic E-state index is 0.0764. The Morgan fingerprint density at radius 3 is 2.48 bits per heavy atom. The van der Waals surface area contributed by atoms with Gasteiger partial charge in [-0.2, -0.15) is 4.98 Å². The monoisotopic (exact) mass is 399 g/mol. The summed E-state index contributed by atoms with van der Waals surface area (Å²) in [6.07, 6.45) is 2.63. The number of hydrogen-bond donors (Lipinski definition) is 1. The molecule has 1 aromatic heterocycles. The smallest absolute Gasteiger partial charge is 0.243 e. The molecular weight excluding hydrogens is 366 g/mol. The summed E-state index contributed by atoms with van der Waals surface area (Å²) in [6.45, 7) is 10.3. The first kappa shape index (κ1) is 21.5. The summed E-state index contributed by atoms with van der Waals surface area (Å²) in [5.41, 5.74) is 1.17. The third kappa shape index (κ3) is 6.11. The molecule has 1 aliphatic heterocycles. The maximum absolute atomic E-state index is 12.2. The number of hydrogen-bond acceptors (Lipinski definition) is 6. The molecule has 0 radical (unpaired) electrons. The van der Waals surface area contributed by atoms with E-state index < -0.39 is 0 Å². The number of nitrogens with zero attached hydrogens (tertiary/aromatic N) is 4. The summed E-state index contributed by atoms with van der Waals surface area (Å²) >= 11 is 0. The first-order chi connectivity index (χ1) is 14.1. The van der Waals surface area contributed by atoms with E-state index in [0.717, 1.165) is 44.8 Å². The van der Waals surface area contributed by atoms with Crippen LogP contribution in [0.15, 0.2) is 34.9 Å². The lowest BCUT2D eigenvalue weighted by Crippen LogP contribution is -2.50. The van der Waals surface area contributed by atoms with Crippen LogP contribution in [0.2, 0.25) is 0 Å². The van der Waals surface area contributed by atoms with Crippen LogP contribution in [0.4, 0.5) is 0 Å². The van der Waals surface area contributed by atoms with Crippen LogP contribution in [0.3, 0.4) is 0 Å². The molecule has 1 fully saturated rings. The van der Waals surface area contributed by atoms with Gasteiger partial charge in [-0.1, -0.05) is 49.3 Å². The molecule has 7 heteroatoms. The lowest BCUT2D eigenvalue weighted by atomic mass is 10.1. The summed E-state index contributed by atoms with van der Waals surface area (Å²) in [4.78, 5) is 21.4. The van der Waals surface area contributed by atoms with Gasteiger partial charge in [0.25, 0.3) is 0 Å². The highest BCUT2D eigenvalue weighted by Crippen LogP contribution is 2.20. The third-order valence-corrected chi connectivity index (χ3v) is 5.72. The second-order valence-corrected chi connectivity index (χ2v) is 7.78. The number of aromatic nitrogens is 2. The number of piperazine rings is 1. The Morgan fingerprint density at radius 2 is 1.83 bits per heavy atom. The van der Waals surface area contributed by atoms with Crippen LogP contribution in [-0.4, -0.2) is 64.6 Å². The molecule has 158 valence electrons. The van der Waals surface area contributed by atoms with Gasteiger partial charge < -0.3 is 9.84 Å². The molecular formula is C22H33N5O2. The molecule has 0 bridgehead atoms. The number of amides is 1. The second-order valence-electron chi connectivity index (χ2n) is 7.78. The first-order valence-corrected chi connectivity index (χ1v) is 10.7. The van der Waals surface area contributed by atoms with Gasteiger partial charge in [0, 0.05) is 38.6 Å². The normalized spacial score (nSPS) is 16.8. The van der Waals surface area contributed by atoms with E-state index >= 15 is 0 Å². The van der Waals surface area contributed by atoms with Gasteiger partial charge in [-0.15, -0.1) is 0 Å². The molecule has 1 N–H and O–H groups in total. The summed E-state index contributed by atoms with van der Waals surface area (Å²) in [5, 5.41) is 7.27. The van der Waals surface area contributed by atoms with E-state index in [1.54, 1.807) is 0 Å². The maximum atomic E-state index is 12.2. The van der Waals surface area contributed by atoms with Crippen molar-refractivity contribution in [2.24, 2.45) is 0 Å². The predicted molar refractivity (Wildman–Crippen MR) is 112 cm³/mol. The number of nitrogens with one attached hydrogen (secondary N) is 1. The molecule has 7 nitrogen and oxygen atoms in total. The predicted octanol–water partition coefficient (Wildman–Crippen LogP) is 2.64. The quantitative estimate of drug-likeness (QED) is 0.699. The lowest BCUT2D eigenvalue weighted by molar-refractivity contribution is -0.123. The standard InChI is InChI=1S/C22H33N5O2/c1-4-19(5-2)23-21(28)16-26-11-13-27(14-12-26)17(3)22-24-20(25-29-22)15-18-9-7-6-8-10-18/h6-10,17,19H,4-5,11-16H2,1-3H3,(H,23,28)/t17-/m0/s1. The van der Waals surface area contributed by atoms with Gasteiger partial charge in [0.15, 0.2) is 5.82 Å². The molecule has 3 rings (SSSR count). The second kappa shape index (κ2) is 10.5. The molecule has 0 aliphatic carbocycles. The van der Waals surface area contributed by atoms with Crippen LogP contribution in [0.25, 0.3) is 0 Å². The van der Waals surface area contributed by atoms with Gasteiger partial charge >= 0.3 is 0 Å². The van der Waals surface area contributed by atoms with Crippen LogP contribution in [0.1, 0.15) is 56.9 Å². The lowest BCUT2D eigenvalue weighted by Gasteiger charge is -2.36. The molecule has 0 unspecified atom stereocenters. The Hall–Kier alpha value is -2.25. The van der Waals surface area contributed by atoms with E-state index in [0.29, 0.717) is 18.9 Å². The molecule has 1 amide bonds. The van der Waals surface area contributed by atoms with Crippen molar-refractivity contribution in [3.05, 3.63) is 47.6 Å². The molecule has 1 aliphatic rings. The minimum Gasteiger partial charge on any atom is -0.352 e. The van der Waals surface area contributed by atoms with E-state index in [2.05, 4.69) is 58.2 Å². The van der Waals surface area contributed by atoms with Crippen molar-refractivity contribution in [1.29, 1.82) is 0 Å². The van der Waals surface area contributed by atoms with Gasteiger partial charge in [-0.3, -0.25) is 14.6 Å². The molecule has 29 heavy (non-hydrogen) atoms. The minimum absolute atomic E-state index is 0.0764. The van der Waals surface area contributed by atoms with Gasteiger partial charge in [0.1, 0.15) is 0 Å². The molecule has 0 spiro atoms. The average molecular weight is 400 g/mol. The zero-order valence-corrected chi connectivity index (χ0v) is 17.8. The zero-order chi connectivity index (χ0) is 20.6. The summed E-state index contributed by atoms with van der Waals surface area (Å²) < 4.78 is 5.53. The Morgan fingerprint density at radius 1 is 1.14 bits per heavy atom. The Balaban J connectivity index is 1.46. The van der Waals surface area contributed by atoms with Gasteiger partial charge in [0.05, 0.1) is 12.6 Å². The summed E-state index contributed by atoms with van der Waals surface area (Å²) in [5.74, 6) is 1.51. The van der Waals surface area contributed by atoms with E-state index in [4.69, 9.17) is 4.52 Å². The van der Waals surface area contributed by atoms with Crippen molar-refractivity contribution >= 4 is 5.91 Å². The van der Waals surface area contributed by atoms with Crippen molar-refractivity contribution in [3.8, 4) is 0 Å². The maximum Gasteiger partial charge on any atom is 0.243 e. The highest BCUT2D eigenvalue weighted by atomic mass is 16.5. The fourth-order valence-corrected chi connectivity index (χ4v) is 3.72. The SMILES string of the molecule is CCC(CC)NC(=O)CN1CCN([C@@H](C)c2nc(Cc3ccccc3)no2)CC1. The van der Waals surface area contributed by atoms with Crippen LogP contribution in [0, 0.1) is 0 Å². The van der Waals surface area contributed by atoms with E-state index in [1.165, 1.54) is 5.56 Å². The molecule has 1 aromatic carbocycles. The highest BCUT2D eigenvalue weighted by Gasteiger charge is 2.26. The van der Waals surface area contributed by atoms with Crippen molar-refractivity contribution in [1.82, 2.24) is 25.3 Å². The molecule has 1 atom stereocenters. The fraction of sp³-hybridized carbons (Fsp3) is 0.591. The van der Waals surface area contributed by atoms with Crippen LogP contribution in [-0.2, 0) is 11.2 Å². The summed E-state index contributed by atoms with van der Waals surface area (Å²) in [6, 6.07) is 10.5. The Labute approximate surface area is 173 Å². The number of carbonyl (C=O) groups excluding carboxylic acids is 1. The Bertz CT molecular complexity index is 752. The topological polar surface area (TPSA) is 74.5 Å². The third-order valence-electron chi connectivity index (χ3n) is 5.72. The Kier molecular flexibility index (Phi) is 7.77. The molecule has 2 heterocycles. The van der Waals surface area contributed by atoms with Crippen molar-refractivity contribution in [2.75, 3.05) is 32.7 Å². The van der Waals surface area contributed by atoms with Crippen molar-refractivity contribution in [3.63, 3.8) is 0 Å². The van der Waals surface area contributed by atoms with Crippen molar-refractivity contribution in [2.45, 2.75) is 52.1 Å². The van der Waals surface area contributed by atoms with E-state index in [1.807, 2.05) is 18.2 Å². The number of rotatable bonds is 9. The highest BCUT2D eigenvalue weighted by molar-refractivity contribution is 5.78. The molecule has 0 saturated carbocycles. The van der Waals surface area contributed by atoms with Crippen LogP contribution < -0.4 is 5.32 Å². The fourth-order valence-electron chi connectivity index (χ4n) is 3.72. The zero-order valence-electron chi connectivity index (χ0n) is 17.8. The van der Waals surface area contributed by atoms with Crippen molar-refractivity contribution < 1.29 is 9.32 Å². The molecule has 1 saturated heterocycles. The number of benzene rings is 1. The van der Waals surface area contributed by atoms with E-state index in [9.17, 15) is 4.79 Å². The van der Waals surface area contributed by atoms with E-state index in [-0.39, 0.29) is 18.0 Å². The average Bonchev–Trinajstić information content (AvgIpc) is 3.21. The van der Waals surface area contributed by atoms with Gasteiger partial charge in [-0.05, 0) is 25.3 Å². The number of carbonyl (C=O) groups is 1. The first-order valence-electron chi connectivity index (χ1n) is 10.7. The van der Waals surface area contributed by atoms with Crippen LogP contribution >= 0.6 is 0 Å². The van der Waals surface area contributed by atoms with Crippen LogP contribution in [0.5, 0.6) is 0 Å². The molecule has 2 aromatic rings.